The maximum Gasteiger partial charge on any atom is 0.0715 e. The van der Waals surface area contributed by atoms with Crippen molar-refractivity contribution in [3.05, 3.63) is 126 Å². The Hall–Kier alpha value is -4.37. The van der Waals surface area contributed by atoms with Crippen LogP contribution in [0.25, 0.3) is 35.2 Å². The lowest BCUT2D eigenvalue weighted by Gasteiger charge is -2.11. The van der Waals surface area contributed by atoms with Gasteiger partial charge in [-0.2, -0.15) is 0 Å². The number of hydrogen-bond donors (Lipinski definition) is 0. The van der Waals surface area contributed by atoms with E-state index in [2.05, 4.69) is 139 Å². The molecule has 180 valence electrons. The number of allylic oxidation sites excluding steroid dienone is 4. The van der Waals surface area contributed by atoms with Gasteiger partial charge < -0.3 is 9.80 Å². The van der Waals surface area contributed by atoms with Crippen LogP contribution in [0.2, 0.25) is 0 Å². The van der Waals surface area contributed by atoms with E-state index in [1.54, 1.807) is 0 Å². The van der Waals surface area contributed by atoms with Gasteiger partial charge in [0, 0.05) is 45.0 Å². The standard InChI is InChI=1S/C33H33N3/c1-35(2)30-21-17-26(18-22-30)11-5-7-13-28-25-29(34-33-16-10-9-15-32(28)33)14-8-6-12-27-19-23-31(24-20-27)36(3)4/h5-25H,1-4H3/b11-5+,12-6+,13-7+,14-8+. The molecule has 3 aromatic carbocycles. The zero-order valence-corrected chi connectivity index (χ0v) is 21.5. The highest BCUT2D eigenvalue weighted by molar-refractivity contribution is 5.89. The van der Waals surface area contributed by atoms with Gasteiger partial charge >= 0.3 is 0 Å². The van der Waals surface area contributed by atoms with Gasteiger partial charge in [-0.25, -0.2) is 4.98 Å². The lowest BCUT2D eigenvalue weighted by Crippen LogP contribution is -2.07. The highest BCUT2D eigenvalue weighted by Gasteiger charge is 2.01. The van der Waals surface area contributed by atoms with Crippen molar-refractivity contribution in [1.29, 1.82) is 0 Å². The third-order valence-electron chi connectivity index (χ3n) is 5.93. The van der Waals surface area contributed by atoms with Gasteiger partial charge in [0.1, 0.15) is 0 Å². The van der Waals surface area contributed by atoms with Crippen molar-refractivity contribution in [3.63, 3.8) is 0 Å². The molecule has 36 heavy (non-hydrogen) atoms. The van der Waals surface area contributed by atoms with Crippen molar-refractivity contribution in [2.75, 3.05) is 38.0 Å². The molecule has 0 saturated carbocycles. The molecule has 0 aliphatic rings. The van der Waals surface area contributed by atoms with Gasteiger partial charge in [0.05, 0.1) is 11.2 Å². The predicted molar refractivity (Wildman–Crippen MR) is 159 cm³/mol. The third kappa shape index (κ3) is 6.61. The number of para-hydroxylation sites is 1. The predicted octanol–water partition coefficient (Wildman–Crippen LogP) is 7.82. The molecule has 0 unspecified atom stereocenters. The number of hydrogen-bond acceptors (Lipinski definition) is 3. The summed E-state index contributed by atoms with van der Waals surface area (Å²) < 4.78 is 0. The van der Waals surface area contributed by atoms with E-state index in [-0.39, 0.29) is 0 Å². The summed E-state index contributed by atoms with van der Waals surface area (Å²) in [6, 6.07) is 27.4. The van der Waals surface area contributed by atoms with E-state index in [9.17, 15) is 0 Å². The molecule has 0 aliphatic carbocycles. The first-order valence-electron chi connectivity index (χ1n) is 12.1. The lowest BCUT2D eigenvalue weighted by atomic mass is 10.1. The van der Waals surface area contributed by atoms with Gasteiger partial charge in [0.25, 0.3) is 0 Å². The minimum absolute atomic E-state index is 0.934. The van der Waals surface area contributed by atoms with Crippen molar-refractivity contribution >= 4 is 46.6 Å². The molecule has 0 N–H and O–H groups in total. The van der Waals surface area contributed by atoms with Crippen molar-refractivity contribution in [2.24, 2.45) is 0 Å². The molecule has 3 heteroatoms. The number of aromatic nitrogens is 1. The summed E-state index contributed by atoms with van der Waals surface area (Å²) in [6.07, 6.45) is 16.7. The molecule has 1 aromatic heterocycles. The van der Waals surface area contributed by atoms with Crippen LogP contribution in [0.5, 0.6) is 0 Å². The van der Waals surface area contributed by atoms with Crippen LogP contribution >= 0.6 is 0 Å². The molecule has 0 radical (unpaired) electrons. The number of anilines is 2. The van der Waals surface area contributed by atoms with Crippen molar-refractivity contribution in [3.8, 4) is 0 Å². The van der Waals surface area contributed by atoms with Crippen LogP contribution in [0, 0.1) is 0 Å². The van der Waals surface area contributed by atoms with Gasteiger partial charge in [-0.1, -0.05) is 85.0 Å². The van der Waals surface area contributed by atoms with Gasteiger partial charge in [-0.3, -0.25) is 0 Å². The number of benzene rings is 3. The quantitative estimate of drug-likeness (QED) is 0.244. The Morgan fingerprint density at radius 1 is 0.556 bits per heavy atom. The first-order chi connectivity index (χ1) is 17.5. The molecule has 3 nitrogen and oxygen atoms in total. The van der Waals surface area contributed by atoms with E-state index in [1.807, 2.05) is 26.2 Å². The van der Waals surface area contributed by atoms with Crippen molar-refractivity contribution < 1.29 is 0 Å². The van der Waals surface area contributed by atoms with Crippen LogP contribution in [-0.4, -0.2) is 33.2 Å². The average molecular weight is 472 g/mol. The van der Waals surface area contributed by atoms with E-state index >= 15 is 0 Å². The molecule has 0 amide bonds. The summed E-state index contributed by atoms with van der Waals surface area (Å²) in [5.74, 6) is 0. The van der Waals surface area contributed by atoms with Crippen LogP contribution in [0.15, 0.2) is 103 Å². The summed E-state index contributed by atoms with van der Waals surface area (Å²) in [6.45, 7) is 0. The SMILES string of the molecule is CN(C)c1ccc(/C=C/C=C/c2cc(/C=C/C=C/c3ccc(N(C)C)cc3)c3ccccc3n2)cc1. The Labute approximate surface area is 215 Å². The molecule has 0 fully saturated rings. The van der Waals surface area contributed by atoms with Crippen LogP contribution in [0.4, 0.5) is 11.4 Å². The Morgan fingerprint density at radius 3 is 1.61 bits per heavy atom. The maximum atomic E-state index is 4.83. The molecule has 0 spiro atoms. The number of pyridine rings is 1. The summed E-state index contributed by atoms with van der Waals surface area (Å²) >= 11 is 0. The van der Waals surface area contributed by atoms with E-state index < -0.39 is 0 Å². The summed E-state index contributed by atoms with van der Waals surface area (Å²) in [5, 5.41) is 1.14. The third-order valence-corrected chi connectivity index (χ3v) is 5.93. The first kappa shape index (κ1) is 24.7. The Balaban J connectivity index is 1.49. The van der Waals surface area contributed by atoms with E-state index in [0.29, 0.717) is 0 Å². The van der Waals surface area contributed by atoms with Crippen LogP contribution in [0.3, 0.4) is 0 Å². The summed E-state index contributed by atoms with van der Waals surface area (Å²) in [5.41, 5.74) is 7.82. The second-order valence-electron chi connectivity index (χ2n) is 9.06. The van der Waals surface area contributed by atoms with Gasteiger partial charge in [-0.05, 0) is 59.2 Å². The molecule has 0 bridgehead atoms. The Bertz CT molecular complexity index is 1400. The van der Waals surface area contributed by atoms with Crippen LogP contribution in [-0.2, 0) is 0 Å². The zero-order chi connectivity index (χ0) is 25.3. The van der Waals surface area contributed by atoms with E-state index in [0.717, 1.165) is 22.2 Å². The fourth-order valence-corrected chi connectivity index (χ4v) is 3.86. The Kier molecular flexibility index (Phi) is 8.15. The minimum atomic E-state index is 0.934. The van der Waals surface area contributed by atoms with Gasteiger partial charge in [0.15, 0.2) is 0 Å². The Morgan fingerprint density at radius 2 is 1.06 bits per heavy atom. The monoisotopic (exact) mass is 471 g/mol. The number of fused-ring (bicyclic) bond motifs is 1. The molecular weight excluding hydrogens is 438 g/mol. The van der Waals surface area contributed by atoms with Crippen LogP contribution in [0.1, 0.15) is 22.4 Å². The highest BCUT2D eigenvalue weighted by Crippen LogP contribution is 2.21. The normalized spacial score (nSPS) is 12.0. The second-order valence-corrected chi connectivity index (χ2v) is 9.06. The largest absolute Gasteiger partial charge is 0.378 e. The smallest absolute Gasteiger partial charge is 0.0715 e. The van der Waals surface area contributed by atoms with Gasteiger partial charge in [0.2, 0.25) is 0 Å². The molecule has 4 rings (SSSR count). The fraction of sp³-hybridized carbons (Fsp3) is 0.121. The maximum absolute atomic E-state index is 4.83. The molecule has 0 aliphatic heterocycles. The minimum Gasteiger partial charge on any atom is -0.378 e. The summed E-state index contributed by atoms with van der Waals surface area (Å²) in [4.78, 5) is 9.03. The molecule has 4 aromatic rings. The average Bonchev–Trinajstić information content (AvgIpc) is 2.89. The number of nitrogens with zero attached hydrogens (tertiary/aromatic N) is 3. The van der Waals surface area contributed by atoms with Crippen molar-refractivity contribution in [2.45, 2.75) is 0 Å². The molecular formula is C33H33N3. The van der Waals surface area contributed by atoms with Crippen LogP contribution < -0.4 is 9.80 Å². The summed E-state index contributed by atoms with van der Waals surface area (Å²) in [7, 11) is 8.20. The second kappa shape index (κ2) is 11.9. The van der Waals surface area contributed by atoms with Gasteiger partial charge in [-0.15, -0.1) is 0 Å². The van der Waals surface area contributed by atoms with E-state index in [1.165, 1.54) is 22.5 Å². The van der Waals surface area contributed by atoms with Crippen molar-refractivity contribution in [1.82, 2.24) is 4.98 Å². The lowest BCUT2D eigenvalue weighted by molar-refractivity contribution is 1.13. The topological polar surface area (TPSA) is 19.4 Å². The number of rotatable bonds is 8. The fourth-order valence-electron chi connectivity index (χ4n) is 3.86. The highest BCUT2D eigenvalue weighted by atomic mass is 15.1. The van der Waals surface area contributed by atoms with E-state index in [4.69, 9.17) is 4.98 Å². The molecule has 1 heterocycles. The first-order valence-corrected chi connectivity index (χ1v) is 12.1. The molecule has 0 saturated heterocycles. The molecule has 0 atom stereocenters. The zero-order valence-electron chi connectivity index (χ0n) is 21.5.